The molecular formula is C13H18N4O2. The van der Waals surface area contributed by atoms with E-state index in [0.29, 0.717) is 11.4 Å². The highest BCUT2D eigenvalue weighted by Crippen LogP contribution is 2.13. The number of aryl methyl sites for hydroxylation is 2. The summed E-state index contributed by atoms with van der Waals surface area (Å²) >= 11 is 0. The number of hydrogen-bond acceptors (Lipinski definition) is 4. The van der Waals surface area contributed by atoms with E-state index in [1.807, 2.05) is 24.7 Å². The van der Waals surface area contributed by atoms with Crippen LogP contribution in [0.5, 0.6) is 0 Å². The van der Waals surface area contributed by atoms with Gasteiger partial charge in [0, 0.05) is 31.5 Å². The van der Waals surface area contributed by atoms with E-state index in [1.165, 1.54) is 0 Å². The summed E-state index contributed by atoms with van der Waals surface area (Å²) in [5, 5.41) is 4.02. The van der Waals surface area contributed by atoms with E-state index in [4.69, 9.17) is 10.5 Å². The van der Waals surface area contributed by atoms with E-state index >= 15 is 0 Å². The fourth-order valence-corrected chi connectivity index (χ4v) is 1.90. The number of rotatable bonds is 5. The van der Waals surface area contributed by atoms with Crippen LogP contribution in [0.4, 0.5) is 5.69 Å². The topological polar surface area (TPSA) is 75.1 Å². The molecule has 0 aromatic carbocycles. The summed E-state index contributed by atoms with van der Waals surface area (Å²) in [6.07, 6.45) is 6.17. The first-order valence-electron chi connectivity index (χ1n) is 6.20. The van der Waals surface area contributed by atoms with Crippen LogP contribution in [-0.2, 0) is 24.9 Å². The van der Waals surface area contributed by atoms with Crippen LogP contribution in [0.25, 0.3) is 0 Å². The lowest BCUT2D eigenvalue weighted by Gasteiger charge is -2.07. The Morgan fingerprint density at radius 1 is 1.47 bits per heavy atom. The van der Waals surface area contributed by atoms with Crippen LogP contribution in [-0.4, -0.2) is 20.3 Å². The zero-order chi connectivity index (χ0) is 13.8. The number of carbonyl (C=O) groups excluding carboxylic acids is 1. The van der Waals surface area contributed by atoms with Crippen molar-refractivity contribution >= 4 is 11.7 Å². The Bertz CT molecular complexity index is 571. The normalized spacial score (nSPS) is 10.6. The largest absolute Gasteiger partial charge is 0.456 e. The molecule has 6 heteroatoms. The van der Waals surface area contributed by atoms with Crippen LogP contribution in [0.2, 0.25) is 0 Å². The van der Waals surface area contributed by atoms with Gasteiger partial charge in [0.1, 0.15) is 12.3 Å². The first-order chi connectivity index (χ1) is 9.10. The molecule has 2 heterocycles. The van der Waals surface area contributed by atoms with E-state index in [9.17, 15) is 4.79 Å². The highest BCUT2D eigenvalue weighted by atomic mass is 16.5. The molecule has 0 amide bonds. The van der Waals surface area contributed by atoms with Crippen LogP contribution in [0.15, 0.2) is 24.7 Å². The number of ether oxygens (including phenoxy) is 1. The van der Waals surface area contributed by atoms with Gasteiger partial charge in [-0.15, -0.1) is 0 Å². The molecule has 102 valence electrons. The maximum absolute atomic E-state index is 12.0. The van der Waals surface area contributed by atoms with Crippen LogP contribution < -0.4 is 5.73 Å². The summed E-state index contributed by atoms with van der Waals surface area (Å²) in [6, 6.07) is 1.64. The van der Waals surface area contributed by atoms with E-state index < -0.39 is 0 Å². The Kier molecular flexibility index (Phi) is 3.89. The molecule has 6 nitrogen and oxygen atoms in total. The number of carbonyl (C=O) groups is 1. The number of nitrogen functional groups attached to an aromatic ring is 1. The van der Waals surface area contributed by atoms with Crippen LogP contribution in [0.3, 0.4) is 0 Å². The zero-order valence-electron chi connectivity index (χ0n) is 11.2. The fourth-order valence-electron chi connectivity index (χ4n) is 1.90. The molecule has 2 aromatic rings. The molecule has 0 aliphatic carbocycles. The minimum atomic E-state index is -0.367. The minimum Gasteiger partial charge on any atom is -0.456 e. The SMILES string of the molecule is CCCn1cc(N)cc1C(=O)OCc1cnn(C)c1. The smallest absolute Gasteiger partial charge is 0.355 e. The van der Waals surface area contributed by atoms with Gasteiger partial charge in [0.05, 0.1) is 11.9 Å². The molecule has 0 aliphatic rings. The Morgan fingerprint density at radius 3 is 2.89 bits per heavy atom. The highest BCUT2D eigenvalue weighted by molar-refractivity contribution is 5.89. The van der Waals surface area contributed by atoms with E-state index in [-0.39, 0.29) is 12.6 Å². The number of hydrogen-bond donors (Lipinski definition) is 1. The van der Waals surface area contributed by atoms with Crippen molar-refractivity contribution in [2.24, 2.45) is 7.05 Å². The second-order valence-electron chi connectivity index (χ2n) is 4.45. The number of anilines is 1. The van der Waals surface area contributed by atoms with Crippen molar-refractivity contribution in [2.45, 2.75) is 26.5 Å². The first-order valence-corrected chi connectivity index (χ1v) is 6.20. The van der Waals surface area contributed by atoms with Gasteiger partial charge < -0.3 is 15.0 Å². The van der Waals surface area contributed by atoms with Crippen molar-refractivity contribution in [3.05, 3.63) is 35.9 Å². The lowest BCUT2D eigenvalue weighted by atomic mass is 10.3. The summed E-state index contributed by atoms with van der Waals surface area (Å²) in [6.45, 7) is 3.00. The van der Waals surface area contributed by atoms with Crippen molar-refractivity contribution < 1.29 is 9.53 Å². The maximum Gasteiger partial charge on any atom is 0.355 e. The van der Waals surface area contributed by atoms with Crippen LogP contribution in [0.1, 0.15) is 29.4 Å². The van der Waals surface area contributed by atoms with Crippen molar-refractivity contribution in [3.63, 3.8) is 0 Å². The molecule has 0 atom stereocenters. The molecule has 0 bridgehead atoms. The van der Waals surface area contributed by atoms with Gasteiger partial charge in [-0.05, 0) is 12.5 Å². The van der Waals surface area contributed by atoms with E-state index in [2.05, 4.69) is 5.10 Å². The Balaban J connectivity index is 2.03. The van der Waals surface area contributed by atoms with Gasteiger partial charge in [-0.3, -0.25) is 4.68 Å². The van der Waals surface area contributed by atoms with Crippen molar-refractivity contribution in [1.82, 2.24) is 14.3 Å². The van der Waals surface area contributed by atoms with Crippen molar-refractivity contribution in [2.75, 3.05) is 5.73 Å². The molecule has 0 unspecified atom stereocenters. The van der Waals surface area contributed by atoms with Gasteiger partial charge in [0.25, 0.3) is 0 Å². The number of aromatic nitrogens is 3. The molecule has 0 spiro atoms. The van der Waals surface area contributed by atoms with Gasteiger partial charge in [0.2, 0.25) is 0 Å². The molecule has 0 saturated heterocycles. The summed E-state index contributed by atoms with van der Waals surface area (Å²) < 4.78 is 8.75. The molecule has 0 radical (unpaired) electrons. The Labute approximate surface area is 111 Å². The molecule has 2 aromatic heterocycles. The quantitative estimate of drug-likeness (QED) is 0.830. The van der Waals surface area contributed by atoms with E-state index in [1.54, 1.807) is 23.1 Å². The summed E-state index contributed by atoms with van der Waals surface area (Å²) in [5.74, 6) is -0.367. The van der Waals surface area contributed by atoms with Gasteiger partial charge >= 0.3 is 5.97 Å². The molecule has 0 aliphatic heterocycles. The van der Waals surface area contributed by atoms with Crippen molar-refractivity contribution in [1.29, 1.82) is 0 Å². The molecule has 2 N–H and O–H groups in total. The third-order valence-corrected chi connectivity index (χ3v) is 2.72. The summed E-state index contributed by atoms with van der Waals surface area (Å²) in [7, 11) is 1.82. The second-order valence-corrected chi connectivity index (χ2v) is 4.45. The summed E-state index contributed by atoms with van der Waals surface area (Å²) in [4.78, 5) is 12.0. The van der Waals surface area contributed by atoms with Gasteiger partial charge in [-0.1, -0.05) is 6.92 Å². The van der Waals surface area contributed by atoms with Gasteiger partial charge in [-0.25, -0.2) is 4.79 Å². The zero-order valence-corrected chi connectivity index (χ0v) is 11.2. The monoisotopic (exact) mass is 262 g/mol. The average molecular weight is 262 g/mol. The number of nitrogens with two attached hydrogens (primary N) is 1. The molecule has 2 rings (SSSR count). The van der Waals surface area contributed by atoms with E-state index in [0.717, 1.165) is 18.5 Å². The van der Waals surface area contributed by atoms with Crippen molar-refractivity contribution in [3.8, 4) is 0 Å². The predicted octanol–water partition coefficient (Wildman–Crippen LogP) is 1.57. The minimum absolute atomic E-state index is 0.212. The maximum atomic E-state index is 12.0. The van der Waals surface area contributed by atoms with Gasteiger partial charge in [-0.2, -0.15) is 5.10 Å². The lowest BCUT2D eigenvalue weighted by molar-refractivity contribution is 0.0460. The molecule has 0 saturated carbocycles. The third-order valence-electron chi connectivity index (χ3n) is 2.72. The van der Waals surface area contributed by atoms with Crippen LogP contribution >= 0.6 is 0 Å². The fraction of sp³-hybridized carbons (Fsp3) is 0.385. The molecule has 0 fully saturated rings. The second kappa shape index (κ2) is 5.60. The first kappa shape index (κ1) is 13.2. The standard InChI is InChI=1S/C13H18N4O2/c1-3-4-17-8-11(14)5-12(17)13(18)19-9-10-6-15-16(2)7-10/h5-8H,3-4,9,14H2,1-2H3. The van der Waals surface area contributed by atoms with Crippen LogP contribution in [0, 0.1) is 0 Å². The number of esters is 1. The Morgan fingerprint density at radius 2 is 2.26 bits per heavy atom. The third kappa shape index (κ3) is 3.15. The lowest BCUT2D eigenvalue weighted by Crippen LogP contribution is -2.11. The summed E-state index contributed by atoms with van der Waals surface area (Å²) in [5.41, 5.74) is 7.64. The van der Waals surface area contributed by atoms with Gasteiger partial charge in [0.15, 0.2) is 0 Å². The Hall–Kier alpha value is -2.24. The predicted molar refractivity (Wildman–Crippen MR) is 71.5 cm³/mol. The molecular weight excluding hydrogens is 244 g/mol. The number of nitrogens with zero attached hydrogens (tertiary/aromatic N) is 3. The average Bonchev–Trinajstić information content (AvgIpc) is 2.93. The highest BCUT2D eigenvalue weighted by Gasteiger charge is 2.14. The molecule has 19 heavy (non-hydrogen) atoms.